The summed E-state index contributed by atoms with van der Waals surface area (Å²) < 4.78 is 0. The predicted octanol–water partition coefficient (Wildman–Crippen LogP) is 3.78. The Balaban J connectivity index is 1.93. The molecule has 5 heteroatoms. The highest BCUT2D eigenvalue weighted by molar-refractivity contribution is 6.36. The molecule has 3 aromatic carbocycles. The van der Waals surface area contributed by atoms with E-state index in [1.807, 2.05) is 86.7 Å². The van der Waals surface area contributed by atoms with E-state index in [1.54, 1.807) is 0 Å². The van der Waals surface area contributed by atoms with Gasteiger partial charge in [0.25, 0.3) is 0 Å². The topological polar surface area (TPSA) is 38.7 Å². The van der Waals surface area contributed by atoms with Crippen LogP contribution in [0.4, 0.5) is 0 Å². The van der Waals surface area contributed by atoms with E-state index in [9.17, 15) is 0 Å². The van der Waals surface area contributed by atoms with Crippen LogP contribution < -0.4 is 5.46 Å². The molecular formula is C21H15BClN3. The highest BCUT2D eigenvalue weighted by atomic mass is 35.5. The molecule has 0 bridgehead atoms. The van der Waals surface area contributed by atoms with Crippen LogP contribution in [-0.4, -0.2) is 22.8 Å². The van der Waals surface area contributed by atoms with Crippen molar-refractivity contribution in [1.29, 1.82) is 0 Å². The summed E-state index contributed by atoms with van der Waals surface area (Å²) >= 11 is 6.24. The van der Waals surface area contributed by atoms with E-state index in [-0.39, 0.29) is 0 Å². The summed E-state index contributed by atoms with van der Waals surface area (Å²) in [5, 5.41) is 0.669. The average Bonchev–Trinajstić information content (AvgIpc) is 2.68. The molecular weight excluding hydrogens is 341 g/mol. The molecule has 1 aromatic heterocycles. The van der Waals surface area contributed by atoms with Crippen LogP contribution in [-0.2, 0) is 0 Å². The van der Waals surface area contributed by atoms with Gasteiger partial charge >= 0.3 is 0 Å². The lowest BCUT2D eigenvalue weighted by Crippen LogP contribution is -2.04. The third-order valence-corrected chi connectivity index (χ3v) is 4.22. The Morgan fingerprint density at radius 2 is 1.04 bits per heavy atom. The Morgan fingerprint density at radius 3 is 1.50 bits per heavy atom. The Labute approximate surface area is 158 Å². The van der Waals surface area contributed by atoms with Crippen molar-refractivity contribution in [3.8, 4) is 34.2 Å². The second-order valence-corrected chi connectivity index (χ2v) is 6.49. The van der Waals surface area contributed by atoms with Crippen LogP contribution in [0.5, 0.6) is 0 Å². The van der Waals surface area contributed by atoms with Gasteiger partial charge in [-0.3, -0.25) is 0 Å². The average molecular weight is 356 g/mol. The van der Waals surface area contributed by atoms with Crippen molar-refractivity contribution >= 4 is 24.9 Å². The van der Waals surface area contributed by atoms with Gasteiger partial charge in [-0.05, 0) is 12.1 Å². The largest absolute Gasteiger partial charge is 0.208 e. The van der Waals surface area contributed by atoms with Crippen molar-refractivity contribution < 1.29 is 0 Å². The van der Waals surface area contributed by atoms with Crippen LogP contribution in [0.25, 0.3) is 34.2 Å². The van der Waals surface area contributed by atoms with Gasteiger partial charge in [0.15, 0.2) is 17.5 Å². The summed E-state index contributed by atoms with van der Waals surface area (Å²) in [7, 11) is 2.01. The van der Waals surface area contributed by atoms with E-state index in [0.717, 1.165) is 22.2 Å². The first-order valence-electron chi connectivity index (χ1n) is 8.33. The van der Waals surface area contributed by atoms with Crippen LogP contribution in [0, 0.1) is 0 Å². The minimum Gasteiger partial charge on any atom is -0.208 e. The summed E-state index contributed by atoms with van der Waals surface area (Å²) in [4.78, 5) is 14.1. The van der Waals surface area contributed by atoms with E-state index < -0.39 is 0 Å². The number of rotatable bonds is 3. The van der Waals surface area contributed by atoms with E-state index in [4.69, 9.17) is 21.6 Å². The van der Waals surface area contributed by atoms with Gasteiger partial charge in [-0.25, -0.2) is 15.0 Å². The van der Waals surface area contributed by atoms with Crippen LogP contribution in [0.3, 0.4) is 0 Å². The molecule has 0 N–H and O–H groups in total. The van der Waals surface area contributed by atoms with Crippen molar-refractivity contribution in [2.45, 2.75) is 0 Å². The van der Waals surface area contributed by atoms with Gasteiger partial charge in [-0.15, -0.1) is 0 Å². The molecule has 0 saturated carbocycles. The Kier molecular flexibility index (Phi) is 4.50. The summed E-state index contributed by atoms with van der Waals surface area (Å²) in [5.41, 5.74) is 3.85. The Morgan fingerprint density at radius 1 is 0.577 bits per heavy atom. The molecule has 0 saturated heterocycles. The fourth-order valence-corrected chi connectivity index (χ4v) is 3.09. The molecule has 1 heterocycles. The summed E-state index contributed by atoms with van der Waals surface area (Å²) in [5.74, 6) is 1.91. The van der Waals surface area contributed by atoms with E-state index >= 15 is 0 Å². The molecule has 26 heavy (non-hydrogen) atoms. The maximum Gasteiger partial charge on any atom is 0.164 e. The highest BCUT2D eigenvalue weighted by Crippen LogP contribution is 2.25. The number of hydrogen-bond donors (Lipinski definition) is 0. The van der Waals surface area contributed by atoms with Crippen molar-refractivity contribution in [3.05, 3.63) is 83.9 Å². The summed E-state index contributed by atoms with van der Waals surface area (Å²) in [6.07, 6.45) is 0. The molecule has 0 fully saturated rings. The van der Waals surface area contributed by atoms with E-state index in [0.29, 0.717) is 22.5 Å². The van der Waals surface area contributed by atoms with Crippen LogP contribution in [0.15, 0.2) is 78.9 Å². The standard InChI is InChI=1S/C21H15BClN3/c22-17-11-16(12-18(23)13-17)21-25-19(14-7-3-1-4-8-14)24-20(26-21)15-9-5-2-6-10-15/h1-13H,22H2. The number of benzene rings is 3. The van der Waals surface area contributed by atoms with Gasteiger partial charge in [0.2, 0.25) is 0 Å². The van der Waals surface area contributed by atoms with Gasteiger partial charge in [-0.1, -0.05) is 83.8 Å². The predicted molar refractivity (Wildman–Crippen MR) is 109 cm³/mol. The first kappa shape index (κ1) is 16.5. The zero-order chi connectivity index (χ0) is 17.9. The number of nitrogens with zero attached hydrogens (tertiary/aromatic N) is 3. The Bertz CT molecular complexity index is 975. The normalized spacial score (nSPS) is 10.7. The number of hydrogen-bond acceptors (Lipinski definition) is 3. The lowest BCUT2D eigenvalue weighted by atomic mass is 9.94. The lowest BCUT2D eigenvalue weighted by Gasteiger charge is -2.09. The Hall–Kier alpha value is -2.98. The van der Waals surface area contributed by atoms with Crippen LogP contribution in [0.2, 0.25) is 5.02 Å². The molecule has 3 nitrogen and oxygen atoms in total. The van der Waals surface area contributed by atoms with Crippen LogP contribution >= 0.6 is 11.6 Å². The number of aromatic nitrogens is 3. The van der Waals surface area contributed by atoms with Gasteiger partial charge in [0.1, 0.15) is 7.85 Å². The monoisotopic (exact) mass is 355 g/mol. The zero-order valence-corrected chi connectivity index (χ0v) is 15.0. The molecule has 0 spiro atoms. The van der Waals surface area contributed by atoms with E-state index in [1.165, 1.54) is 0 Å². The molecule has 4 rings (SSSR count). The first-order chi connectivity index (χ1) is 12.7. The first-order valence-corrected chi connectivity index (χ1v) is 8.71. The molecule has 0 aliphatic carbocycles. The quantitative estimate of drug-likeness (QED) is 0.525. The third kappa shape index (κ3) is 3.51. The fourth-order valence-electron chi connectivity index (χ4n) is 2.80. The zero-order valence-electron chi connectivity index (χ0n) is 14.2. The van der Waals surface area contributed by atoms with Crippen molar-refractivity contribution in [2.24, 2.45) is 0 Å². The van der Waals surface area contributed by atoms with Crippen LogP contribution in [0.1, 0.15) is 0 Å². The maximum absolute atomic E-state index is 6.24. The van der Waals surface area contributed by atoms with E-state index in [2.05, 4.69) is 4.98 Å². The number of halogens is 1. The third-order valence-electron chi connectivity index (χ3n) is 4.00. The van der Waals surface area contributed by atoms with Crippen molar-refractivity contribution in [1.82, 2.24) is 15.0 Å². The van der Waals surface area contributed by atoms with Gasteiger partial charge in [-0.2, -0.15) is 0 Å². The molecule has 0 aliphatic heterocycles. The summed E-state index contributed by atoms with van der Waals surface area (Å²) in [6.45, 7) is 0. The smallest absolute Gasteiger partial charge is 0.164 e. The molecule has 0 radical (unpaired) electrons. The van der Waals surface area contributed by atoms with Gasteiger partial charge in [0, 0.05) is 21.7 Å². The maximum atomic E-state index is 6.24. The second-order valence-electron chi connectivity index (χ2n) is 6.06. The highest BCUT2D eigenvalue weighted by Gasteiger charge is 2.12. The molecule has 0 aliphatic rings. The summed E-state index contributed by atoms with van der Waals surface area (Å²) in [6, 6.07) is 25.7. The van der Waals surface area contributed by atoms with Gasteiger partial charge < -0.3 is 0 Å². The molecule has 4 aromatic rings. The molecule has 0 atom stereocenters. The van der Waals surface area contributed by atoms with Gasteiger partial charge in [0.05, 0.1) is 0 Å². The SMILES string of the molecule is Bc1cc(Cl)cc(-c2nc(-c3ccccc3)nc(-c3ccccc3)n2)c1. The molecule has 0 amide bonds. The molecule has 0 unspecified atom stereocenters. The second kappa shape index (κ2) is 7.10. The minimum atomic E-state index is 0.614. The lowest BCUT2D eigenvalue weighted by molar-refractivity contribution is 1.07. The minimum absolute atomic E-state index is 0.614. The van der Waals surface area contributed by atoms with Crippen molar-refractivity contribution in [2.75, 3.05) is 0 Å². The molecule has 124 valence electrons. The van der Waals surface area contributed by atoms with Crippen molar-refractivity contribution in [3.63, 3.8) is 0 Å². The fraction of sp³-hybridized carbons (Fsp3) is 0.